The van der Waals surface area contributed by atoms with Gasteiger partial charge in [-0.3, -0.25) is 0 Å². The fraction of sp³-hybridized carbons (Fsp3) is 0. The zero-order valence-electron chi connectivity index (χ0n) is 4.38. The Labute approximate surface area is 49.1 Å². The molecule has 0 N–H and O–H groups in total. The molecule has 3 nitrogen and oxygen atoms in total. The summed E-state index contributed by atoms with van der Waals surface area (Å²) < 4.78 is 8.48. The van der Waals surface area contributed by atoms with Crippen molar-refractivity contribution in [2.45, 2.75) is 0 Å². The van der Waals surface area contributed by atoms with Gasteiger partial charge in [-0.1, -0.05) is 4.57 Å². The zero-order chi connectivity index (χ0) is 3.58. The van der Waals surface area contributed by atoms with Crippen molar-refractivity contribution in [3.05, 3.63) is 0 Å². The standard InChI is InChI=1S/Mg.HO3P.2H/c;1-4(2)3;;/h;(H,1,2,3);;/q+2;;2*-1/p-1. The Morgan fingerprint density at radius 2 is 1.60 bits per heavy atom. The molecule has 5 heteroatoms. The minimum absolute atomic E-state index is 0. The van der Waals surface area contributed by atoms with Crippen LogP contribution in [0.25, 0.3) is 0 Å². The van der Waals surface area contributed by atoms with Gasteiger partial charge in [0.1, 0.15) is 0 Å². The van der Waals surface area contributed by atoms with Crippen LogP contribution in [0.1, 0.15) is 2.85 Å². The second-order valence-corrected chi connectivity index (χ2v) is 0.671. The molecule has 0 heterocycles. The molecule has 5 heavy (non-hydrogen) atoms. The molecule has 0 aromatic rings. The summed E-state index contributed by atoms with van der Waals surface area (Å²) >= 11 is 0. The van der Waals surface area contributed by atoms with Crippen molar-refractivity contribution in [2.75, 3.05) is 0 Å². The number of hydrogen-bond acceptors (Lipinski definition) is 3. The van der Waals surface area contributed by atoms with Crippen LogP contribution in [-0.2, 0) is 4.57 Å². The summed E-state index contributed by atoms with van der Waals surface area (Å²) in [5, 5.41) is 0. The minimum Gasteiger partial charge on any atom is -1.00 e. The van der Waals surface area contributed by atoms with Crippen LogP contribution >= 0.6 is 8.25 Å². The maximum atomic E-state index is 8.48. The summed E-state index contributed by atoms with van der Waals surface area (Å²) in [7, 11) is -3.37. The molecule has 0 aliphatic rings. The molecule has 0 spiro atoms. The molecule has 0 aromatic carbocycles. The first-order valence-electron chi connectivity index (χ1n) is 0.548. The molecule has 0 aromatic heterocycles. The molecule has 0 saturated heterocycles. The van der Waals surface area contributed by atoms with Crippen LogP contribution < -0.4 is 9.79 Å². The molecule has 0 rings (SSSR count). The maximum Gasteiger partial charge on any atom is 2.00 e. The monoisotopic (exact) mass is 105 g/mol. The molecule has 0 saturated carbocycles. The van der Waals surface area contributed by atoms with Gasteiger partial charge in [0, 0.05) is 0 Å². The number of rotatable bonds is 0. The normalized spacial score (nSPS) is 5.20. The van der Waals surface area contributed by atoms with Gasteiger partial charge in [0.15, 0.2) is 0 Å². The van der Waals surface area contributed by atoms with Gasteiger partial charge in [0.2, 0.25) is 0 Å². The third-order valence-corrected chi connectivity index (χ3v) is 0. The molecule has 28 valence electrons. The van der Waals surface area contributed by atoms with Crippen molar-refractivity contribution in [1.82, 2.24) is 0 Å². The Morgan fingerprint density at radius 1 is 1.60 bits per heavy atom. The van der Waals surface area contributed by atoms with Gasteiger partial charge in [-0.05, 0) is 0 Å². The summed E-state index contributed by atoms with van der Waals surface area (Å²) in [6, 6.07) is 0. The van der Waals surface area contributed by atoms with E-state index in [1.807, 2.05) is 0 Å². The van der Waals surface area contributed by atoms with Crippen molar-refractivity contribution >= 4 is 31.3 Å². The van der Waals surface area contributed by atoms with Crippen molar-refractivity contribution in [3.8, 4) is 0 Å². The van der Waals surface area contributed by atoms with E-state index >= 15 is 0 Å². The SMILES string of the molecule is O=[P+]([O-])[O-].[H-].[H-].[Mg+2]. The first kappa shape index (κ1) is 9.25. The van der Waals surface area contributed by atoms with Crippen LogP contribution in [-0.4, -0.2) is 23.1 Å². The molecule has 0 bridgehead atoms. The van der Waals surface area contributed by atoms with Crippen LogP contribution in [0.2, 0.25) is 0 Å². The van der Waals surface area contributed by atoms with Crippen LogP contribution in [0.4, 0.5) is 0 Å². The van der Waals surface area contributed by atoms with E-state index in [0.29, 0.717) is 0 Å². The summed E-state index contributed by atoms with van der Waals surface area (Å²) in [6.45, 7) is 0. The van der Waals surface area contributed by atoms with Gasteiger partial charge in [-0.25, -0.2) is 0 Å². The second-order valence-electron chi connectivity index (χ2n) is 0.224. The Hall–Kier alpha value is 0.786. The molecule has 0 atom stereocenters. The van der Waals surface area contributed by atoms with E-state index in [9.17, 15) is 0 Å². The Morgan fingerprint density at radius 3 is 1.60 bits per heavy atom. The van der Waals surface area contributed by atoms with E-state index in [4.69, 9.17) is 14.4 Å². The van der Waals surface area contributed by atoms with Gasteiger partial charge < -0.3 is 12.6 Å². The largest absolute Gasteiger partial charge is 2.00 e. The van der Waals surface area contributed by atoms with Gasteiger partial charge in [0.05, 0.1) is 0 Å². The molecule has 0 fully saturated rings. The Kier molecular flexibility index (Phi) is 8.85. The average Bonchev–Trinajstić information content (AvgIpc) is 0.811. The Bertz CT molecular complexity index is 35.9. The van der Waals surface area contributed by atoms with E-state index < -0.39 is 8.25 Å². The summed E-state index contributed by atoms with van der Waals surface area (Å²) in [4.78, 5) is 17.0. The van der Waals surface area contributed by atoms with Gasteiger partial charge >= 0.3 is 23.1 Å². The predicted molar refractivity (Wildman–Crippen MR) is 15.6 cm³/mol. The van der Waals surface area contributed by atoms with Gasteiger partial charge in [0.25, 0.3) is 8.25 Å². The van der Waals surface area contributed by atoms with E-state index in [1.165, 1.54) is 0 Å². The van der Waals surface area contributed by atoms with Crippen LogP contribution in [0, 0.1) is 0 Å². The topological polar surface area (TPSA) is 63.2 Å². The minimum atomic E-state index is -3.37. The third-order valence-electron chi connectivity index (χ3n) is 0. The number of hydrogen-bond donors (Lipinski definition) is 0. The predicted octanol–water partition coefficient (Wildman–Crippen LogP) is -1.79. The first-order chi connectivity index (χ1) is 1.73. The van der Waals surface area contributed by atoms with Crippen LogP contribution in [0.3, 0.4) is 0 Å². The fourth-order valence-corrected chi connectivity index (χ4v) is 0. The van der Waals surface area contributed by atoms with E-state index in [0.717, 1.165) is 0 Å². The van der Waals surface area contributed by atoms with Gasteiger partial charge in [-0.2, -0.15) is 0 Å². The maximum absolute atomic E-state index is 8.48. The van der Waals surface area contributed by atoms with Crippen LogP contribution in [0.15, 0.2) is 0 Å². The van der Waals surface area contributed by atoms with Crippen LogP contribution in [0.5, 0.6) is 0 Å². The molecule has 0 amide bonds. The smallest absolute Gasteiger partial charge is 1.00 e. The molecule has 0 aliphatic heterocycles. The van der Waals surface area contributed by atoms with Crippen molar-refractivity contribution < 1.29 is 17.2 Å². The van der Waals surface area contributed by atoms with E-state index in [1.54, 1.807) is 0 Å². The molecular weight excluding hydrogens is 103 g/mol. The Balaban J connectivity index is -0.0000000150. The molecule has 0 aliphatic carbocycles. The summed E-state index contributed by atoms with van der Waals surface area (Å²) in [6.07, 6.45) is 0. The second kappa shape index (κ2) is 4.79. The van der Waals surface area contributed by atoms with Gasteiger partial charge in [-0.15, -0.1) is 0 Å². The first-order valence-corrected chi connectivity index (χ1v) is 1.64. The zero-order valence-corrected chi connectivity index (χ0v) is 4.69. The van der Waals surface area contributed by atoms with Crippen molar-refractivity contribution in [1.29, 1.82) is 0 Å². The van der Waals surface area contributed by atoms with E-state index in [2.05, 4.69) is 0 Å². The molecular formula is H2MgO3P-. The fourth-order valence-electron chi connectivity index (χ4n) is 0. The molecule has 0 unspecified atom stereocenters. The van der Waals surface area contributed by atoms with Crippen molar-refractivity contribution in [3.63, 3.8) is 0 Å². The summed E-state index contributed by atoms with van der Waals surface area (Å²) in [5.74, 6) is 0. The summed E-state index contributed by atoms with van der Waals surface area (Å²) in [5.41, 5.74) is 0. The van der Waals surface area contributed by atoms with Crippen molar-refractivity contribution in [2.24, 2.45) is 0 Å². The molecule has 0 radical (unpaired) electrons. The quantitative estimate of drug-likeness (QED) is 0.270. The average molecular weight is 105 g/mol. The third kappa shape index (κ3) is 60.1. The van der Waals surface area contributed by atoms with E-state index in [-0.39, 0.29) is 25.9 Å².